The van der Waals surface area contributed by atoms with Crippen LogP contribution in [0.2, 0.25) is 5.02 Å². The first-order valence-electron chi connectivity index (χ1n) is 11.1. The molecule has 9 heteroatoms. The van der Waals surface area contributed by atoms with Crippen LogP contribution in [0.3, 0.4) is 0 Å². The molecule has 35 heavy (non-hydrogen) atoms. The molecule has 6 nitrogen and oxygen atoms in total. The van der Waals surface area contributed by atoms with Crippen LogP contribution in [-0.2, 0) is 0 Å². The third-order valence-corrected chi connectivity index (χ3v) is 6.71. The van der Waals surface area contributed by atoms with Crippen LogP contribution in [0.15, 0.2) is 54.3 Å². The molecular formula is C26H26ClF2N5O. The molecule has 1 aliphatic heterocycles. The third-order valence-electron chi connectivity index (χ3n) is 6.34. The fourth-order valence-corrected chi connectivity index (χ4v) is 4.81. The average molecular weight is 498 g/mol. The summed E-state index contributed by atoms with van der Waals surface area (Å²) in [4.78, 5) is 16.5. The highest BCUT2D eigenvalue weighted by atomic mass is 35.5. The summed E-state index contributed by atoms with van der Waals surface area (Å²) in [5.41, 5.74) is 0.846. The molecule has 0 saturated carbocycles. The molecule has 1 N–H and O–H groups in total. The van der Waals surface area contributed by atoms with E-state index in [2.05, 4.69) is 33.2 Å². The van der Waals surface area contributed by atoms with Crippen molar-refractivity contribution in [3.8, 4) is 0 Å². The summed E-state index contributed by atoms with van der Waals surface area (Å²) in [6, 6.07) is 7.97. The Labute approximate surface area is 207 Å². The predicted octanol–water partition coefficient (Wildman–Crippen LogP) is 5.24. The number of piperazine rings is 1. The van der Waals surface area contributed by atoms with E-state index in [0.29, 0.717) is 47.4 Å². The molecule has 0 amide bonds. The smallest absolute Gasteiger partial charge is 0.175 e. The number of aliphatic hydroxyl groups excluding tert-OH is 1. The number of aliphatic imine (C=N–C) groups is 1. The van der Waals surface area contributed by atoms with Gasteiger partial charge in [0.05, 0.1) is 5.02 Å². The minimum atomic E-state index is -0.722. The second-order valence-corrected chi connectivity index (χ2v) is 8.82. The highest BCUT2D eigenvalue weighted by Crippen LogP contribution is 2.38. The van der Waals surface area contributed by atoms with Gasteiger partial charge in [0.25, 0.3) is 0 Å². The number of benzene rings is 2. The lowest BCUT2D eigenvalue weighted by molar-refractivity contribution is 0.0295. The fraction of sp³-hybridized carbons (Fsp3) is 0.269. The van der Waals surface area contributed by atoms with Gasteiger partial charge in [0, 0.05) is 42.2 Å². The van der Waals surface area contributed by atoms with Gasteiger partial charge in [-0.15, -0.1) is 0 Å². The zero-order valence-electron chi connectivity index (χ0n) is 19.5. The quantitative estimate of drug-likeness (QED) is 0.372. The molecular weight excluding hydrogens is 472 g/mol. The second-order valence-electron chi connectivity index (χ2n) is 8.44. The van der Waals surface area contributed by atoms with Crippen molar-refractivity contribution in [3.05, 3.63) is 77.0 Å². The molecule has 4 rings (SSSR count). The summed E-state index contributed by atoms with van der Waals surface area (Å²) >= 11 is 6.26. The Morgan fingerprint density at radius 3 is 2.74 bits per heavy atom. The van der Waals surface area contributed by atoms with Gasteiger partial charge >= 0.3 is 0 Å². The van der Waals surface area contributed by atoms with Gasteiger partial charge in [-0.1, -0.05) is 42.4 Å². The standard InChI is InChI=1S/C26H26ClF2N5O/c1-5-20(35)33-11-12-34(15(2)13-33)26-16(3)24(31-14-32-26)23(29)25(30-4)18-8-6-7-17-9-10-19(28)22(27)21(17)18/h5-10,14-15,20,35H,1,4,11-13H2,2-3H3/b25-23+/t15-,20?/m1/s1. The number of nitrogens with zero attached hydrogens (tertiary/aromatic N) is 5. The molecule has 2 atom stereocenters. The highest BCUT2D eigenvalue weighted by molar-refractivity contribution is 6.36. The zero-order valence-corrected chi connectivity index (χ0v) is 20.3. The molecule has 1 fully saturated rings. The molecule has 3 aromatic rings. The van der Waals surface area contributed by atoms with E-state index in [1.165, 1.54) is 18.5 Å². The lowest BCUT2D eigenvalue weighted by Crippen LogP contribution is -2.55. The predicted molar refractivity (Wildman–Crippen MR) is 138 cm³/mol. The molecule has 0 radical (unpaired) electrons. The first-order chi connectivity index (χ1) is 16.8. The van der Waals surface area contributed by atoms with Crippen molar-refractivity contribution in [1.29, 1.82) is 0 Å². The molecule has 0 aliphatic carbocycles. The van der Waals surface area contributed by atoms with Crippen molar-refractivity contribution in [1.82, 2.24) is 14.9 Å². The van der Waals surface area contributed by atoms with Crippen molar-refractivity contribution >= 4 is 46.4 Å². The summed E-state index contributed by atoms with van der Waals surface area (Å²) in [6.45, 7) is 12.7. The maximum atomic E-state index is 16.0. The molecule has 1 aliphatic rings. The normalized spacial score (nSPS) is 18.3. The number of anilines is 1. The van der Waals surface area contributed by atoms with Crippen LogP contribution >= 0.6 is 11.6 Å². The Kier molecular flexibility index (Phi) is 7.25. The Morgan fingerprint density at radius 2 is 2.06 bits per heavy atom. The monoisotopic (exact) mass is 497 g/mol. The fourth-order valence-electron chi connectivity index (χ4n) is 4.53. The lowest BCUT2D eigenvalue weighted by Gasteiger charge is -2.42. The van der Waals surface area contributed by atoms with Crippen LogP contribution in [0, 0.1) is 12.7 Å². The van der Waals surface area contributed by atoms with E-state index < -0.39 is 17.9 Å². The highest BCUT2D eigenvalue weighted by Gasteiger charge is 2.29. The van der Waals surface area contributed by atoms with Gasteiger partial charge in [-0.3, -0.25) is 9.89 Å². The van der Waals surface area contributed by atoms with Gasteiger partial charge < -0.3 is 10.0 Å². The van der Waals surface area contributed by atoms with Gasteiger partial charge in [0.15, 0.2) is 5.83 Å². The van der Waals surface area contributed by atoms with Crippen molar-refractivity contribution in [2.24, 2.45) is 4.99 Å². The summed E-state index contributed by atoms with van der Waals surface area (Å²) in [7, 11) is 0. The first kappa shape index (κ1) is 24.9. The summed E-state index contributed by atoms with van der Waals surface area (Å²) in [5.74, 6) is -0.719. The molecule has 1 saturated heterocycles. The van der Waals surface area contributed by atoms with Gasteiger partial charge in [-0.25, -0.2) is 18.7 Å². The minimum absolute atomic E-state index is 0.00342. The number of rotatable bonds is 6. The van der Waals surface area contributed by atoms with Crippen LogP contribution in [0.4, 0.5) is 14.6 Å². The lowest BCUT2D eigenvalue weighted by atomic mass is 10.00. The second kappa shape index (κ2) is 10.2. The average Bonchev–Trinajstić information content (AvgIpc) is 2.86. The molecule has 2 aromatic carbocycles. The van der Waals surface area contributed by atoms with Crippen LogP contribution in [0.25, 0.3) is 22.3 Å². The Morgan fingerprint density at radius 1 is 1.29 bits per heavy atom. The summed E-state index contributed by atoms with van der Waals surface area (Å²) in [6.07, 6.45) is 2.08. The number of hydrogen-bond acceptors (Lipinski definition) is 6. The van der Waals surface area contributed by atoms with Gasteiger partial charge in [-0.2, -0.15) is 0 Å². The number of aromatic nitrogens is 2. The number of hydrogen-bond donors (Lipinski definition) is 1. The van der Waals surface area contributed by atoms with Gasteiger partial charge in [-0.05, 0) is 38.1 Å². The summed E-state index contributed by atoms with van der Waals surface area (Å²) < 4.78 is 30.3. The first-order valence-corrected chi connectivity index (χ1v) is 11.5. The van der Waals surface area contributed by atoms with E-state index in [9.17, 15) is 9.50 Å². The van der Waals surface area contributed by atoms with Crippen LogP contribution < -0.4 is 4.90 Å². The van der Waals surface area contributed by atoms with E-state index in [0.717, 1.165) is 0 Å². The molecule has 1 unspecified atom stereocenters. The zero-order chi connectivity index (χ0) is 25.3. The number of aliphatic hydroxyl groups is 1. The van der Waals surface area contributed by atoms with E-state index in [1.54, 1.807) is 31.2 Å². The molecule has 0 spiro atoms. The molecule has 0 bridgehead atoms. The third kappa shape index (κ3) is 4.57. The number of fused-ring (bicyclic) bond motifs is 1. The maximum Gasteiger partial charge on any atom is 0.175 e. The van der Waals surface area contributed by atoms with Crippen molar-refractivity contribution < 1.29 is 13.9 Å². The van der Waals surface area contributed by atoms with Crippen molar-refractivity contribution in [3.63, 3.8) is 0 Å². The number of halogens is 3. The molecule has 2 heterocycles. The van der Waals surface area contributed by atoms with Crippen LogP contribution in [0.1, 0.15) is 23.7 Å². The largest absolute Gasteiger partial charge is 0.375 e. The van der Waals surface area contributed by atoms with E-state index in [1.807, 2.05) is 11.8 Å². The summed E-state index contributed by atoms with van der Waals surface area (Å²) in [5, 5.41) is 11.0. The van der Waals surface area contributed by atoms with Crippen molar-refractivity contribution in [2.45, 2.75) is 26.1 Å². The van der Waals surface area contributed by atoms with Gasteiger partial charge in [0.2, 0.25) is 0 Å². The maximum absolute atomic E-state index is 16.0. The Bertz CT molecular complexity index is 1330. The van der Waals surface area contributed by atoms with Crippen LogP contribution in [-0.4, -0.2) is 58.6 Å². The van der Waals surface area contributed by atoms with E-state index in [-0.39, 0.29) is 22.5 Å². The topological polar surface area (TPSA) is 64.8 Å². The minimum Gasteiger partial charge on any atom is -0.375 e. The van der Waals surface area contributed by atoms with Gasteiger partial charge in [0.1, 0.15) is 35.6 Å². The molecule has 1 aromatic heterocycles. The van der Waals surface area contributed by atoms with E-state index >= 15 is 4.39 Å². The van der Waals surface area contributed by atoms with Crippen LogP contribution in [0.5, 0.6) is 0 Å². The Hall–Kier alpha value is -3.20. The Balaban J connectivity index is 1.79. The van der Waals surface area contributed by atoms with E-state index in [4.69, 9.17) is 11.6 Å². The SMILES string of the molecule is C=CC(O)N1CCN(c2ncnc(/C(F)=C(\N=C)c3cccc4ccc(F)c(Cl)c34)c2C)[C@H](C)C1. The molecule has 182 valence electrons. The van der Waals surface area contributed by atoms with Crippen molar-refractivity contribution in [2.75, 3.05) is 24.5 Å².